The summed E-state index contributed by atoms with van der Waals surface area (Å²) in [5.41, 5.74) is 1.68. The van der Waals surface area contributed by atoms with E-state index in [2.05, 4.69) is 15.5 Å². The predicted molar refractivity (Wildman–Crippen MR) is 124 cm³/mol. The maximum absolute atomic E-state index is 13.0. The largest absolute Gasteiger partial charge is 0.373 e. The molecule has 0 spiro atoms. The molecule has 0 bridgehead atoms. The van der Waals surface area contributed by atoms with Crippen LogP contribution in [0.3, 0.4) is 0 Å². The highest BCUT2D eigenvalue weighted by Crippen LogP contribution is 2.23. The molecular weight excluding hydrogens is 466 g/mol. The van der Waals surface area contributed by atoms with Crippen molar-refractivity contribution in [3.05, 3.63) is 64.9 Å². The summed E-state index contributed by atoms with van der Waals surface area (Å²) in [6.45, 7) is 5.98. The first-order valence-electron chi connectivity index (χ1n) is 10.4. The Bertz CT molecular complexity index is 1270. The molecule has 0 saturated carbocycles. The Hall–Kier alpha value is -2.79. The predicted octanol–water partition coefficient (Wildman–Crippen LogP) is 3.28. The smallest absolute Gasteiger partial charge is 0.278 e. The highest BCUT2D eigenvalue weighted by atomic mass is 35.5. The summed E-state index contributed by atoms with van der Waals surface area (Å²) in [4.78, 5) is 14.3. The Morgan fingerprint density at radius 2 is 1.76 bits per heavy atom. The van der Waals surface area contributed by atoms with E-state index in [9.17, 15) is 13.2 Å². The number of rotatable bonds is 5. The number of nitrogens with zero attached hydrogens (tertiary/aromatic N) is 4. The van der Waals surface area contributed by atoms with E-state index in [0.29, 0.717) is 35.2 Å². The first-order valence-corrected chi connectivity index (χ1v) is 12.2. The molecule has 11 heteroatoms. The van der Waals surface area contributed by atoms with Gasteiger partial charge in [-0.05, 0) is 63.2 Å². The zero-order valence-electron chi connectivity index (χ0n) is 18.4. The van der Waals surface area contributed by atoms with Crippen LogP contribution in [0.25, 0.3) is 5.69 Å². The Morgan fingerprint density at radius 1 is 1.09 bits per heavy atom. The molecule has 33 heavy (non-hydrogen) atoms. The number of ether oxygens (including phenoxy) is 1. The van der Waals surface area contributed by atoms with Gasteiger partial charge in [0.25, 0.3) is 5.91 Å². The fourth-order valence-electron chi connectivity index (χ4n) is 3.68. The number of amides is 1. The highest BCUT2D eigenvalue weighted by Gasteiger charge is 2.32. The number of nitrogens with one attached hydrogen (secondary N) is 1. The molecule has 1 fully saturated rings. The minimum Gasteiger partial charge on any atom is -0.373 e. The molecule has 2 atom stereocenters. The van der Waals surface area contributed by atoms with Crippen molar-refractivity contribution in [1.29, 1.82) is 0 Å². The minimum absolute atomic E-state index is 0.156. The van der Waals surface area contributed by atoms with Gasteiger partial charge in [-0.1, -0.05) is 17.7 Å². The van der Waals surface area contributed by atoms with Gasteiger partial charge in [-0.3, -0.25) is 4.79 Å². The Morgan fingerprint density at radius 3 is 2.39 bits per heavy atom. The quantitative estimate of drug-likeness (QED) is 0.589. The van der Waals surface area contributed by atoms with E-state index < -0.39 is 15.9 Å². The molecule has 1 amide bonds. The van der Waals surface area contributed by atoms with Crippen LogP contribution in [0.5, 0.6) is 0 Å². The second-order valence-electron chi connectivity index (χ2n) is 7.96. The summed E-state index contributed by atoms with van der Waals surface area (Å²) < 4.78 is 33.0. The maximum atomic E-state index is 13.0. The van der Waals surface area contributed by atoms with Crippen LogP contribution in [-0.2, 0) is 14.8 Å². The van der Waals surface area contributed by atoms with Gasteiger partial charge in [0, 0.05) is 23.8 Å². The van der Waals surface area contributed by atoms with E-state index in [1.165, 1.54) is 21.2 Å². The molecule has 1 N–H and O–H groups in total. The summed E-state index contributed by atoms with van der Waals surface area (Å²) in [5.74, 6) is -0.452. The monoisotopic (exact) mass is 489 g/mol. The van der Waals surface area contributed by atoms with Gasteiger partial charge in [0.1, 0.15) is 0 Å². The summed E-state index contributed by atoms with van der Waals surface area (Å²) in [7, 11) is -3.66. The van der Waals surface area contributed by atoms with Crippen molar-refractivity contribution < 1.29 is 17.9 Å². The number of aromatic nitrogens is 3. The van der Waals surface area contributed by atoms with Gasteiger partial charge in [0.15, 0.2) is 5.69 Å². The third-order valence-corrected chi connectivity index (χ3v) is 7.25. The second-order valence-corrected chi connectivity index (χ2v) is 10.3. The summed E-state index contributed by atoms with van der Waals surface area (Å²) >= 11 is 6.02. The lowest BCUT2D eigenvalue weighted by atomic mass is 10.3. The van der Waals surface area contributed by atoms with E-state index in [1.54, 1.807) is 43.3 Å². The van der Waals surface area contributed by atoms with Crippen LogP contribution >= 0.6 is 11.6 Å². The molecule has 9 nitrogen and oxygen atoms in total. The number of benzene rings is 2. The van der Waals surface area contributed by atoms with Crippen molar-refractivity contribution in [3.63, 3.8) is 0 Å². The number of halogens is 1. The number of morpholine rings is 1. The third kappa shape index (κ3) is 5.09. The lowest BCUT2D eigenvalue weighted by Crippen LogP contribution is -2.48. The molecule has 2 heterocycles. The van der Waals surface area contributed by atoms with Gasteiger partial charge in [0.05, 0.1) is 28.5 Å². The summed E-state index contributed by atoms with van der Waals surface area (Å²) in [6.07, 6.45) is -0.351. The normalized spacial score (nSPS) is 19.4. The minimum atomic E-state index is -3.66. The number of carbonyl (C=O) groups excluding carboxylic acids is 1. The number of hydrogen-bond donors (Lipinski definition) is 1. The summed E-state index contributed by atoms with van der Waals surface area (Å²) in [5, 5.41) is 11.8. The first kappa shape index (κ1) is 23.4. The van der Waals surface area contributed by atoms with Crippen molar-refractivity contribution in [2.45, 2.75) is 37.9 Å². The molecule has 0 radical (unpaired) electrons. The first-order chi connectivity index (χ1) is 15.6. The van der Waals surface area contributed by atoms with Crippen LogP contribution in [0, 0.1) is 6.92 Å². The molecule has 174 valence electrons. The number of anilines is 1. The van der Waals surface area contributed by atoms with Crippen molar-refractivity contribution >= 4 is 33.2 Å². The standard InChI is InChI=1S/C22H24ClN5O4S/c1-14-12-27(13-15(2)32-14)33(30,31)20-9-7-18(8-10-20)24-22(29)21-16(3)25-28(26-21)19-6-4-5-17(23)11-19/h4-11,14-15H,12-13H2,1-3H3,(H,24,29)/t14-,15+. The summed E-state index contributed by atoms with van der Waals surface area (Å²) in [6, 6.07) is 13.0. The van der Waals surface area contributed by atoms with Crippen LogP contribution in [0.15, 0.2) is 53.4 Å². The van der Waals surface area contributed by atoms with Crippen LogP contribution < -0.4 is 5.32 Å². The Kier molecular flexibility index (Phi) is 6.53. The van der Waals surface area contributed by atoms with E-state index in [4.69, 9.17) is 16.3 Å². The second kappa shape index (κ2) is 9.22. The van der Waals surface area contributed by atoms with Crippen molar-refractivity contribution in [1.82, 2.24) is 19.3 Å². The van der Waals surface area contributed by atoms with Crippen LogP contribution in [0.1, 0.15) is 30.0 Å². The lowest BCUT2D eigenvalue weighted by molar-refractivity contribution is -0.0440. The molecule has 1 saturated heterocycles. The topological polar surface area (TPSA) is 106 Å². The van der Waals surface area contributed by atoms with Crippen LogP contribution in [0.4, 0.5) is 5.69 Å². The molecule has 1 aromatic heterocycles. The molecule has 2 aromatic carbocycles. The zero-order chi connectivity index (χ0) is 23.8. The molecule has 1 aliphatic rings. The van der Waals surface area contributed by atoms with Gasteiger partial charge < -0.3 is 10.1 Å². The van der Waals surface area contributed by atoms with E-state index in [0.717, 1.165) is 0 Å². The van der Waals surface area contributed by atoms with Gasteiger partial charge in [-0.25, -0.2) is 8.42 Å². The molecule has 1 aliphatic heterocycles. The molecule has 3 aromatic rings. The highest BCUT2D eigenvalue weighted by molar-refractivity contribution is 7.89. The van der Waals surface area contributed by atoms with Crippen molar-refractivity contribution in [2.24, 2.45) is 0 Å². The number of carbonyl (C=O) groups is 1. The SMILES string of the molecule is Cc1nn(-c2cccc(Cl)c2)nc1C(=O)Nc1ccc(S(=O)(=O)N2C[C@@H](C)O[C@@H](C)C2)cc1. The fraction of sp³-hybridized carbons (Fsp3) is 0.318. The fourth-order valence-corrected chi connectivity index (χ4v) is 5.46. The third-order valence-electron chi connectivity index (χ3n) is 5.17. The van der Waals surface area contributed by atoms with Crippen molar-refractivity contribution in [2.75, 3.05) is 18.4 Å². The number of aryl methyl sites for hydroxylation is 1. The van der Waals surface area contributed by atoms with Gasteiger partial charge in [0.2, 0.25) is 10.0 Å². The molecular formula is C22H24ClN5O4S. The average Bonchev–Trinajstić information content (AvgIpc) is 3.15. The number of sulfonamides is 1. The Labute approximate surface area is 197 Å². The maximum Gasteiger partial charge on any atom is 0.278 e. The average molecular weight is 490 g/mol. The van der Waals surface area contributed by atoms with Crippen molar-refractivity contribution in [3.8, 4) is 5.69 Å². The number of hydrogen-bond acceptors (Lipinski definition) is 6. The molecule has 0 unspecified atom stereocenters. The van der Waals surface area contributed by atoms with Gasteiger partial charge >= 0.3 is 0 Å². The van der Waals surface area contributed by atoms with Gasteiger partial charge in [-0.15, -0.1) is 5.10 Å². The van der Waals surface area contributed by atoms with Crippen LogP contribution in [0.2, 0.25) is 5.02 Å². The van der Waals surface area contributed by atoms with Crippen LogP contribution in [-0.4, -0.2) is 58.9 Å². The van der Waals surface area contributed by atoms with Gasteiger partial charge in [-0.2, -0.15) is 14.2 Å². The molecule has 0 aliphatic carbocycles. The van der Waals surface area contributed by atoms with E-state index >= 15 is 0 Å². The zero-order valence-corrected chi connectivity index (χ0v) is 20.0. The lowest BCUT2D eigenvalue weighted by Gasteiger charge is -2.34. The Balaban J connectivity index is 1.49. The van der Waals surface area contributed by atoms with E-state index in [-0.39, 0.29) is 22.8 Å². The molecule has 4 rings (SSSR count). The van der Waals surface area contributed by atoms with E-state index in [1.807, 2.05) is 13.8 Å².